The van der Waals surface area contributed by atoms with Gasteiger partial charge in [0.05, 0.1) is 5.56 Å². The standard InChI is InChI=1S/C11H26O2Si.C7H6O2/c1-11(2,3)14(4,5)13-10-8-6-7-9-12;8-7(9)6-4-2-1-3-5-6/h12H,6-10H2,1-5H3;1-5H,(H,8,9). The van der Waals surface area contributed by atoms with Crippen LogP contribution in [0, 0.1) is 0 Å². The maximum absolute atomic E-state index is 10.2. The average Bonchev–Trinajstić information content (AvgIpc) is 2.47. The van der Waals surface area contributed by atoms with Crippen LogP contribution in [0.1, 0.15) is 50.4 Å². The number of aliphatic hydroxyl groups is 1. The van der Waals surface area contributed by atoms with Gasteiger partial charge in [-0.3, -0.25) is 0 Å². The number of rotatable bonds is 7. The largest absolute Gasteiger partial charge is 0.478 e. The number of unbranched alkanes of at least 4 members (excludes halogenated alkanes) is 2. The van der Waals surface area contributed by atoms with Crippen molar-refractivity contribution >= 4 is 14.3 Å². The maximum atomic E-state index is 10.2. The molecule has 1 aromatic carbocycles. The molecule has 0 aliphatic heterocycles. The zero-order valence-electron chi connectivity index (χ0n) is 15.1. The maximum Gasteiger partial charge on any atom is 0.335 e. The Morgan fingerprint density at radius 3 is 2.04 bits per heavy atom. The van der Waals surface area contributed by atoms with E-state index < -0.39 is 14.3 Å². The lowest BCUT2D eigenvalue weighted by atomic mass is 10.2. The Kier molecular flexibility index (Phi) is 10.0. The van der Waals surface area contributed by atoms with Crippen LogP contribution >= 0.6 is 0 Å². The second-order valence-corrected chi connectivity index (χ2v) is 11.9. The van der Waals surface area contributed by atoms with Gasteiger partial charge in [0.15, 0.2) is 8.32 Å². The van der Waals surface area contributed by atoms with E-state index in [9.17, 15) is 4.79 Å². The molecule has 2 N–H and O–H groups in total. The van der Waals surface area contributed by atoms with E-state index in [-0.39, 0.29) is 0 Å². The fourth-order valence-electron chi connectivity index (χ4n) is 1.52. The van der Waals surface area contributed by atoms with Crippen LogP contribution in [0.15, 0.2) is 30.3 Å². The lowest BCUT2D eigenvalue weighted by Gasteiger charge is -2.36. The zero-order chi connectivity index (χ0) is 17.9. The van der Waals surface area contributed by atoms with E-state index in [4.69, 9.17) is 14.6 Å². The van der Waals surface area contributed by atoms with E-state index >= 15 is 0 Å². The molecule has 0 spiro atoms. The van der Waals surface area contributed by atoms with Gasteiger partial charge in [-0.05, 0) is 49.5 Å². The molecule has 0 bridgehead atoms. The summed E-state index contributed by atoms with van der Waals surface area (Å²) in [5.74, 6) is -0.879. The van der Waals surface area contributed by atoms with Crippen LogP contribution in [-0.2, 0) is 4.43 Å². The lowest BCUT2D eigenvalue weighted by Crippen LogP contribution is -2.40. The van der Waals surface area contributed by atoms with Gasteiger partial charge in [-0.2, -0.15) is 0 Å². The highest BCUT2D eigenvalue weighted by atomic mass is 28.4. The molecule has 4 nitrogen and oxygen atoms in total. The van der Waals surface area contributed by atoms with Gasteiger partial charge in [0, 0.05) is 13.2 Å². The van der Waals surface area contributed by atoms with Crippen LogP contribution in [0.25, 0.3) is 0 Å². The number of benzene rings is 1. The van der Waals surface area contributed by atoms with E-state index in [2.05, 4.69) is 33.9 Å². The Morgan fingerprint density at radius 1 is 1.09 bits per heavy atom. The van der Waals surface area contributed by atoms with Crippen molar-refractivity contribution in [3.63, 3.8) is 0 Å². The Balaban J connectivity index is 0.000000459. The summed E-state index contributed by atoms with van der Waals surface area (Å²) in [4.78, 5) is 10.2. The molecular formula is C18H32O4Si. The minimum absolute atomic E-state index is 0.306. The van der Waals surface area contributed by atoms with Gasteiger partial charge < -0.3 is 14.6 Å². The highest BCUT2D eigenvalue weighted by Gasteiger charge is 2.36. The summed E-state index contributed by atoms with van der Waals surface area (Å²) in [5.41, 5.74) is 0.331. The number of aliphatic hydroxyl groups excluding tert-OH is 1. The van der Waals surface area contributed by atoms with Crippen molar-refractivity contribution in [2.75, 3.05) is 13.2 Å². The molecule has 0 unspecified atom stereocenters. The fraction of sp³-hybridized carbons (Fsp3) is 0.611. The molecule has 0 aliphatic carbocycles. The number of carbonyl (C=O) groups is 1. The van der Waals surface area contributed by atoms with Gasteiger partial charge in [-0.1, -0.05) is 39.0 Å². The summed E-state index contributed by atoms with van der Waals surface area (Å²) in [5, 5.41) is 17.3. The molecule has 0 saturated carbocycles. The van der Waals surface area contributed by atoms with Gasteiger partial charge in [-0.25, -0.2) is 4.79 Å². The zero-order valence-corrected chi connectivity index (χ0v) is 16.1. The Hall–Kier alpha value is -1.17. The summed E-state index contributed by atoms with van der Waals surface area (Å²) in [6.45, 7) is 12.5. The van der Waals surface area contributed by atoms with Crippen LogP contribution in [0.3, 0.4) is 0 Å². The van der Waals surface area contributed by atoms with Crippen molar-refractivity contribution < 1.29 is 19.4 Å². The molecule has 0 aromatic heterocycles. The van der Waals surface area contributed by atoms with Gasteiger partial charge >= 0.3 is 5.97 Å². The average molecular weight is 341 g/mol. The summed E-state index contributed by atoms with van der Waals surface area (Å²) in [6.07, 6.45) is 3.05. The van der Waals surface area contributed by atoms with Crippen molar-refractivity contribution in [3.05, 3.63) is 35.9 Å². The third-order valence-electron chi connectivity index (χ3n) is 4.09. The van der Waals surface area contributed by atoms with E-state index in [1.807, 2.05) is 0 Å². The first-order valence-corrected chi connectivity index (χ1v) is 11.1. The minimum Gasteiger partial charge on any atom is -0.478 e. The molecule has 0 atom stereocenters. The fourth-order valence-corrected chi connectivity index (χ4v) is 2.60. The highest BCUT2D eigenvalue weighted by Crippen LogP contribution is 2.36. The third kappa shape index (κ3) is 9.53. The number of carboxylic acid groups (broad SMARTS) is 1. The normalized spacial score (nSPS) is 11.6. The third-order valence-corrected chi connectivity index (χ3v) is 8.63. The smallest absolute Gasteiger partial charge is 0.335 e. The highest BCUT2D eigenvalue weighted by molar-refractivity contribution is 6.74. The van der Waals surface area contributed by atoms with Crippen molar-refractivity contribution in [1.82, 2.24) is 0 Å². The summed E-state index contributed by atoms with van der Waals surface area (Å²) in [6, 6.07) is 8.30. The van der Waals surface area contributed by atoms with Gasteiger partial charge in [0.25, 0.3) is 0 Å². The first-order valence-electron chi connectivity index (χ1n) is 8.15. The van der Waals surface area contributed by atoms with Crippen LogP contribution in [0.5, 0.6) is 0 Å². The molecule has 0 amide bonds. The molecule has 23 heavy (non-hydrogen) atoms. The Bertz CT molecular complexity index is 438. The van der Waals surface area contributed by atoms with E-state index in [0.29, 0.717) is 17.2 Å². The number of carboxylic acids is 1. The monoisotopic (exact) mass is 340 g/mol. The molecule has 1 rings (SSSR count). The SMILES string of the molecule is CC(C)(C)[Si](C)(C)OCCCCCO.O=C(O)c1ccccc1. The molecular weight excluding hydrogens is 308 g/mol. The Labute approximate surface area is 141 Å². The predicted molar refractivity (Wildman–Crippen MR) is 97.5 cm³/mol. The number of aromatic carboxylic acids is 1. The van der Waals surface area contributed by atoms with Gasteiger partial charge in [0.2, 0.25) is 0 Å². The molecule has 0 aliphatic rings. The quantitative estimate of drug-likeness (QED) is 0.564. The van der Waals surface area contributed by atoms with Crippen molar-refractivity contribution in [2.45, 2.75) is 58.2 Å². The van der Waals surface area contributed by atoms with Crippen LogP contribution < -0.4 is 0 Å². The Morgan fingerprint density at radius 2 is 1.65 bits per heavy atom. The predicted octanol–water partition coefficient (Wildman–Crippen LogP) is 4.56. The van der Waals surface area contributed by atoms with E-state index in [1.54, 1.807) is 30.3 Å². The molecule has 0 radical (unpaired) electrons. The molecule has 0 fully saturated rings. The minimum atomic E-state index is -1.53. The lowest BCUT2D eigenvalue weighted by molar-refractivity contribution is 0.0697. The second kappa shape index (κ2) is 10.6. The van der Waals surface area contributed by atoms with Crippen molar-refractivity contribution in [2.24, 2.45) is 0 Å². The molecule has 0 heterocycles. The van der Waals surface area contributed by atoms with E-state index in [1.165, 1.54) is 0 Å². The van der Waals surface area contributed by atoms with Crippen LogP contribution in [0.4, 0.5) is 0 Å². The summed E-state index contributed by atoms with van der Waals surface area (Å²) in [7, 11) is -1.53. The second-order valence-electron chi connectivity index (χ2n) is 7.06. The molecule has 0 saturated heterocycles. The summed E-state index contributed by atoms with van der Waals surface area (Å²) < 4.78 is 6.00. The van der Waals surface area contributed by atoms with Crippen molar-refractivity contribution in [1.29, 1.82) is 0 Å². The van der Waals surface area contributed by atoms with E-state index in [0.717, 1.165) is 25.9 Å². The van der Waals surface area contributed by atoms with Crippen molar-refractivity contribution in [3.8, 4) is 0 Å². The molecule has 1 aromatic rings. The number of hydrogen-bond donors (Lipinski definition) is 2. The topological polar surface area (TPSA) is 66.8 Å². The number of hydrogen-bond acceptors (Lipinski definition) is 3. The van der Waals surface area contributed by atoms with Crippen LogP contribution in [-0.4, -0.2) is 37.7 Å². The van der Waals surface area contributed by atoms with Gasteiger partial charge in [0.1, 0.15) is 0 Å². The summed E-state index contributed by atoms with van der Waals surface area (Å²) >= 11 is 0. The van der Waals surface area contributed by atoms with Gasteiger partial charge in [-0.15, -0.1) is 0 Å². The van der Waals surface area contributed by atoms with Crippen LogP contribution in [0.2, 0.25) is 18.1 Å². The molecule has 132 valence electrons. The first kappa shape index (κ1) is 21.8. The molecule has 5 heteroatoms. The first-order chi connectivity index (χ1) is 10.6.